The van der Waals surface area contributed by atoms with Gasteiger partial charge in [0.05, 0.1) is 29.9 Å². The fraction of sp³-hybridized carbons (Fsp3) is 0.464. The summed E-state index contributed by atoms with van der Waals surface area (Å²) in [4.78, 5) is 25.6. The van der Waals surface area contributed by atoms with Gasteiger partial charge in [-0.05, 0) is 57.0 Å². The van der Waals surface area contributed by atoms with Crippen molar-refractivity contribution in [2.24, 2.45) is 0 Å². The van der Waals surface area contributed by atoms with E-state index in [-0.39, 0.29) is 22.7 Å². The fourth-order valence-electron chi connectivity index (χ4n) is 5.13. The van der Waals surface area contributed by atoms with Crippen molar-refractivity contribution in [1.29, 1.82) is 0 Å². The predicted molar refractivity (Wildman–Crippen MR) is 150 cm³/mol. The molecule has 2 aliphatic rings. The van der Waals surface area contributed by atoms with Crippen molar-refractivity contribution < 1.29 is 18.7 Å². The van der Waals surface area contributed by atoms with Gasteiger partial charge in [0.25, 0.3) is 0 Å². The molecule has 3 heterocycles. The number of halogens is 2. The monoisotopic (exact) mass is 556 g/mol. The molecule has 2 saturated heterocycles. The molecule has 0 saturated carbocycles. The molecule has 0 unspecified atom stereocenters. The summed E-state index contributed by atoms with van der Waals surface area (Å²) >= 11 is 5.94. The maximum Gasteiger partial charge on any atom is 0.234 e. The first-order valence-electron chi connectivity index (χ1n) is 13.4. The van der Waals surface area contributed by atoms with Gasteiger partial charge < -0.3 is 25.0 Å². The molecule has 1 aromatic heterocycles. The Kier molecular flexibility index (Phi) is 8.95. The van der Waals surface area contributed by atoms with E-state index in [2.05, 4.69) is 30.4 Å². The highest BCUT2D eigenvalue weighted by atomic mass is 35.5. The minimum absolute atomic E-state index is 0.0231. The Hall–Kier alpha value is -3.21. The molecule has 0 radical (unpaired) electrons. The van der Waals surface area contributed by atoms with E-state index in [0.717, 1.165) is 45.6 Å². The summed E-state index contributed by atoms with van der Waals surface area (Å²) < 4.78 is 26.5. The van der Waals surface area contributed by atoms with Gasteiger partial charge in [-0.3, -0.25) is 9.69 Å². The van der Waals surface area contributed by atoms with Crippen LogP contribution in [0.3, 0.4) is 0 Å². The van der Waals surface area contributed by atoms with Crippen molar-refractivity contribution >= 4 is 39.9 Å². The topological polar surface area (TPSA) is 91.9 Å². The molecule has 0 aliphatic carbocycles. The number of nitrogens with zero attached hydrogens (tertiary/aromatic N) is 4. The van der Waals surface area contributed by atoms with E-state index in [1.807, 2.05) is 6.07 Å². The standard InChI is InChI=1S/C28H34ClFN6O3/c1-38-24-16-23-20(28(33-18-32-23)34-22-6-4-5-21(29)27(22)30)15-25(24)39-19-7-12-36(13-8-19)17-26(37)31-9-14-35-10-2-3-11-35/h4-6,15-16,18-19H,2-3,7-14,17H2,1H3,(H,31,37)(H,32,33,34). The molecule has 0 bridgehead atoms. The second-order valence-electron chi connectivity index (χ2n) is 9.96. The van der Waals surface area contributed by atoms with Gasteiger partial charge in [0, 0.05) is 37.6 Å². The molecule has 2 aromatic carbocycles. The van der Waals surface area contributed by atoms with Crippen LogP contribution in [0.1, 0.15) is 25.7 Å². The van der Waals surface area contributed by atoms with Crippen LogP contribution in [-0.4, -0.2) is 84.7 Å². The Bertz CT molecular complexity index is 1300. The number of anilines is 2. The Labute approximate surface area is 232 Å². The largest absolute Gasteiger partial charge is 0.493 e. The molecule has 11 heteroatoms. The molecule has 1 amide bonds. The van der Waals surface area contributed by atoms with Crippen LogP contribution in [0.5, 0.6) is 11.5 Å². The maximum absolute atomic E-state index is 14.5. The minimum Gasteiger partial charge on any atom is -0.493 e. The third kappa shape index (κ3) is 6.87. The van der Waals surface area contributed by atoms with E-state index in [4.69, 9.17) is 21.1 Å². The number of hydrogen-bond acceptors (Lipinski definition) is 8. The number of benzene rings is 2. The minimum atomic E-state index is -0.553. The lowest BCUT2D eigenvalue weighted by Gasteiger charge is -2.32. The number of amides is 1. The van der Waals surface area contributed by atoms with Gasteiger partial charge in [-0.1, -0.05) is 17.7 Å². The van der Waals surface area contributed by atoms with Crippen LogP contribution in [0.2, 0.25) is 5.02 Å². The zero-order valence-corrected chi connectivity index (χ0v) is 22.8. The molecule has 2 aliphatic heterocycles. The highest BCUT2D eigenvalue weighted by Crippen LogP contribution is 2.36. The second kappa shape index (κ2) is 12.8. The average molecular weight is 557 g/mol. The van der Waals surface area contributed by atoms with Gasteiger partial charge in [-0.2, -0.15) is 0 Å². The Balaban J connectivity index is 1.20. The van der Waals surface area contributed by atoms with Gasteiger partial charge in [0.2, 0.25) is 5.91 Å². The summed E-state index contributed by atoms with van der Waals surface area (Å²) in [7, 11) is 1.58. The number of ether oxygens (including phenoxy) is 2. The third-order valence-corrected chi connectivity index (χ3v) is 7.56. The van der Waals surface area contributed by atoms with Gasteiger partial charge in [0.15, 0.2) is 17.3 Å². The zero-order valence-electron chi connectivity index (χ0n) is 22.1. The van der Waals surface area contributed by atoms with Crippen LogP contribution in [-0.2, 0) is 4.79 Å². The van der Waals surface area contributed by atoms with Gasteiger partial charge >= 0.3 is 0 Å². The van der Waals surface area contributed by atoms with E-state index in [1.165, 1.54) is 25.2 Å². The van der Waals surface area contributed by atoms with Crippen molar-refractivity contribution in [3.8, 4) is 11.5 Å². The number of aromatic nitrogens is 2. The molecule has 3 aromatic rings. The van der Waals surface area contributed by atoms with E-state index < -0.39 is 5.82 Å². The Morgan fingerprint density at radius 1 is 1.10 bits per heavy atom. The summed E-state index contributed by atoms with van der Waals surface area (Å²) in [6, 6.07) is 8.36. The first-order chi connectivity index (χ1) is 19.0. The molecule has 208 valence electrons. The lowest BCUT2D eigenvalue weighted by atomic mass is 10.1. The van der Waals surface area contributed by atoms with Gasteiger partial charge in [-0.15, -0.1) is 0 Å². The highest BCUT2D eigenvalue weighted by Gasteiger charge is 2.24. The number of carbonyl (C=O) groups excluding carboxylic acids is 1. The summed E-state index contributed by atoms with van der Waals surface area (Å²) in [5.74, 6) is 1.07. The van der Waals surface area contributed by atoms with Crippen LogP contribution < -0.4 is 20.1 Å². The molecular weight excluding hydrogens is 523 g/mol. The summed E-state index contributed by atoms with van der Waals surface area (Å²) in [6.45, 7) is 5.83. The first-order valence-corrected chi connectivity index (χ1v) is 13.8. The second-order valence-corrected chi connectivity index (χ2v) is 10.4. The SMILES string of the molecule is COc1cc2ncnc(Nc3cccc(Cl)c3F)c2cc1OC1CCN(CC(=O)NCCN2CCCC2)CC1. The van der Waals surface area contributed by atoms with Crippen LogP contribution in [0.4, 0.5) is 15.9 Å². The highest BCUT2D eigenvalue weighted by molar-refractivity contribution is 6.31. The molecule has 2 N–H and O–H groups in total. The van der Waals surface area contributed by atoms with Crippen LogP contribution in [0.25, 0.3) is 10.9 Å². The number of piperidine rings is 1. The first kappa shape index (κ1) is 27.4. The van der Waals surface area contributed by atoms with E-state index >= 15 is 0 Å². The smallest absolute Gasteiger partial charge is 0.234 e. The average Bonchev–Trinajstić information content (AvgIpc) is 3.46. The molecule has 5 rings (SSSR count). The lowest BCUT2D eigenvalue weighted by Crippen LogP contribution is -2.44. The molecule has 9 nitrogen and oxygen atoms in total. The normalized spacial score (nSPS) is 16.9. The Morgan fingerprint density at radius 2 is 1.90 bits per heavy atom. The van der Waals surface area contributed by atoms with Gasteiger partial charge in [0.1, 0.15) is 18.2 Å². The number of nitrogens with one attached hydrogen (secondary N) is 2. The fourth-order valence-corrected chi connectivity index (χ4v) is 5.30. The summed E-state index contributed by atoms with van der Waals surface area (Å²) in [6.07, 6.45) is 5.46. The zero-order chi connectivity index (χ0) is 27.2. The van der Waals surface area contributed by atoms with Crippen molar-refractivity contribution in [2.75, 3.05) is 58.2 Å². The van der Waals surface area contributed by atoms with Crippen LogP contribution in [0, 0.1) is 5.82 Å². The summed E-state index contributed by atoms with van der Waals surface area (Å²) in [5.41, 5.74) is 0.845. The Morgan fingerprint density at radius 3 is 2.67 bits per heavy atom. The number of hydrogen-bond donors (Lipinski definition) is 2. The van der Waals surface area contributed by atoms with Crippen molar-refractivity contribution in [3.05, 3.63) is 47.5 Å². The molecule has 0 spiro atoms. The van der Waals surface area contributed by atoms with Crippen molar-refractivity contribution in [3.63, 3.8) is 0 Å². The van der Waals surface area contributed by atoms with Crippen LogP contribution in [0.15, 0.2) is 36.7 Å². The van der Waals surface area contributed by atoms with Crippen molar-refractivity contribution in [1.82, 2.24) is 25.1 Å². The number of rotatable bonds is 10. The van der Waals surface area contributed by atoms with Crippen molar-refractivity contribution in [2.45, 2.75) is 31.8 Å². The predicted octanol–water partition coefficient (Wildman–Crippen LogP) is 4.23. The number of likely N-dealkylation sites (tertiary alicyclic amines) is 2. The van der Waals surface area contributed by atoms with E-state index in [9.17, 15) is 9.18 Å². The quantitative estimate of drug-likeness (QED) is 0.383. The number of methoxy groups -OCH3 is 1. The number of carbonyl (C=O) groups is 1. The van der Waals surface area contributed by atoms with Crippen LogP contribution >= 0.6 is 11.6 Å². The number of fused-ring (bicyclic) bond motifs is 1. The summed E-state index contributed by atoms with van der Waals surface area (Å²) in [5, 5.41) is 6.76. The van der Waals surface area contributed by atoms with E-state index in [0.29, 0.717) is 41.3 Å². The molecule has 2 fully saturated rings. The third-order valence-electron chi connectivity index (χ3n) is 7.27. The molecule has 39 heavy (non-hydrogen) atoms. The van der Waals surface area contributed by atoms with E-state index in [1.54, 1.807) is 25.3 Å². The molecule has 0 atom stereocenters. The lowest BCUT2D eigenvalue weighted by molar-refractivity contribution is -0.122. The molecular formula is C28H34ClFN6O3. The van der Waals surface area contributed by atoms with Gasteiger partial charge in [-0.25, -0.2) is 14.4 Å². The maximum atomic E-state index is 14.5.